The summed E-state index contributed by atoms with van der Waals surface area (Å²) in [5.41, 5.74) is 5.10. The van der Waals surface area contributed by atoms with Gasteiger partial charge in [-0.05, 0) is 20.8 Å². The topological polar surface area (TPSA) is 58.2 Å². The fourth-order valence-corrected chi connectivity index (χ4v) is 0.495. The van der Waals surface area contributed by atoms with Crippen LogP contribution >= 0.6 is 0 Å². The number of hydrogen-bond donors (Lipinski definition) is 2. The maximum absolute atomic E-state index is 10.8. The van der Waals surface area contributed by atoms with Crippen LogP contribution in [0.4, 0.5) is 0 Å². The summed E-state index contributed by atoms with van der Waals surface area (Å²) in [6, 6.07) is 0.186. The molecule has 0 aromatic carbocycles. The summed E-state index contributed by atoms with van der Waals surface area (Å²) >= 11 is 0. The molecule has 0 saturated heterocycles. The van der Waals surface area contributed by atoms with Crippen molar-refractivity contribution in [2.75, 3.05) is 0 Å². The van der Waals surface area contributed by atoms with Gasteiger partial charge in [0.05, 0.1) is 6.42 Å². The molecule has 64 valence electrons. The van der Waals surface area contributed by atoms with Crippen molar-refractivity contribution >= 4 is 11.7 Å². The Morgan fingerprint density at radius 1 is 1.36 bits per heavy atom. The summed E-state index contributed by atoms with van der Waals surface area (Å²) in [7, 11) is 0. The van der Waals surface area contributed by atoms with Crippen LogP contribution in [-0.4, -0.2) is 17.7 Å². The van der Waals surface area contributed by atoms with Gasteiger partial charge in [-0.15, -0.1) is 0 Å². The molecule has 0 aromatic heterocycles. The Hall–Kier alpha value is -0.900. The van der Waals surface area contributed by atoms with Gasteiger partial charge in [-0.3, -0.25) is 15.0 Å². The number of hydrogen-bond acceptors (Lipinski definition) is 3. The van der Waals surface area contributed by atoms with Crippen LogP contribution in [0, 0.1) is 0 Å². The van der Waals surface area contributed by atoms with Gasteiger partial charge in [0.1, 0.15) is 5.78 Å². The van der Waals surface area contributed by atoms with Crippen LogP contribution < -0.4 is 10.9 Å². The van der Waals surface area contributed by atoms with E-state index in [1.165, 1.54) is 6.92 Å². The summed E-state index contributed by atoms with van der Waals surface area (Å²) in [4.78, 5) is 21.2. The molecular weight excluding hydrogens is 144 g/mol. The number of hydrazine groups is 1. The van der Waals surface area contributed by atoms with E-state index in [0.717, 1.165) is 0 Å². The lowest BCUT2D eigenvalue weighted by Crippen LogP contribution is -2.42. The third-order valence-corrected chi connectivity index (χ3v) is 0.910. The molecule has 0 atom stereocenters. The monoisotopic (exact) mass is 158 g/mol. The number of Topliss-reactive ketones (excluding diaryl/α,β-unsaturated/α-hetero) is 1. The maximum Gasteiger partial charge on any atom is 0.241 e. The molecule has 0 radical (unpaired) electrons. The van der Waals surface area contributed by atoms with Gasteiger partial charge in [-0.1, -0.05) is 0 Å². The first-order valence-corrected chi connectivity index (χ1v) is 3.56. The normalized spacial score (nSPS) is 9.82. The highest BCUT2D eigenvalue weighted by Gasteiger charge is 2.03. The molecule has 0 saturated carbocycles. The van der Waals surface area contributed by atoms with Crippen LogP contribution in [-0.2, 0) is 9.59 Å². The Kier molecular flexibility index (Phi) is 4.45. The minimum Gasteiger partial charge on any atom is -0.299 e. The van der Waals surface area contributed by atoms with Gasteiger partial charge in [0, 0.05) is 6.04 Å². The van der Waals surface area contributed by atoms with Crippen molar-refractivity contribution in [2.24, 2.45) is 0 Å². The van der Waals surface area contributed by atoms with Gasteiger partial charge in [-0.2, -0.15) is 0 Å². The number of rotatable bonds is 4. The standard InChI is InChI=1S/C7H14N2O2/c1-5(2)8-9-7(11)4-6(3)10/h5,8H,4H2,1-3H3,(H,9,11). The van der Waals surface area contributed by atoms with E-state index in [0.29, 0.717) is 0 Å². The minimum atomic E-state index is -0.286. The average Bonchev–Trinajstić information content (AvgIpc) is 1.82. The highest BCUT2D eigenvalue weighted by Crippen LogP contribution is 1.80. The summed E-state index contributed by atoms with van der Waals surface area (Å²) in [6.07, 6.45) is -0.0558. The second kappa shape index (κ2) is 4.85. The molecule has 0 unspecified atom stereocenters. The zero-order valence-electron chi connectivity index (χ0n) is 7.10. The lowest BCUT2D eigenvalue weighted by Gasteiger charge is -2.08. The lowest BCUT2D eigenvalue weighted by molar-refractivity contribution is -0.127. The molecule has 0 fully saturated rings. The van der Waals surface area contributed by atoms with Gasteiger partial charge in [0.25, 0.3) is 0 Å². The van der Waals surface area contributed by atoms with Gasteiger partial charge < -0.3 is 0 Å². The molecule has 4 heteroatoms. The van der Waals surface area contributed by atoms with E-state index in [-0.39, 0.29) is 24.2 Å². The van der Waals surface area contributed by atoms with Gasteiger partial charge in [0.15, 0.2) is 0 Å². The molecule has 0 aromatic rings. The molecule has 1 amide bonds. The van der Waals surface area contributed by atoms with Crippen LogP contribution in [0.25, 0.3) is 0 Å². The number of amides is 1. The van der Waals surface area contributed by atoms with Gasteiger partial charge in [0.2, 0.25) is 5.91 Å². The first-order valence-electron chi connectivity index (χ1n) is 3.56. The minimum absolute atomic E-state index is 0.0558. The maximum atomic E-state index is 10.8. The summed E-state index contributed by atoms with van der Waals surface area (Å²) < 4.78 is 0. The molecule has 0 bridgehead atoms. The molecule has 0 heterocycles. The summed E-state index contributed by atoms with van der Waals surface area (Å²) in [5, 5.41) is 0. The average molecular weight is 158 g/mol. The molecule has 4 nitrogen and oxygen atoms in total. The lowest BCUT2D eigenvalue weighted by atomic mass is 10.3. The van der Waals surface area contributed by atoms with Crippen molar-refractivity contribution in [3.05, 3.63) is 0 Å². The highest BCUT2D eigenvalue weighted by molar-refractivity contribution is 5.96. The van der Waals surface area contributed by atoms with Crippen LogP contribution in [0.3, 0.4) is 0 Å². The van der Waals surface area contributed by atoms with E-state index in [4.69, 9.17) is 0 Å². The Morgan fingerprint density at radius 3 is 2.27 bits per heavy atom. The molecular formula is C7H14N2O2. The number of carbonyl (C=O) groups is 2. The predicted molar refractivity (Wildman–Crippen MR) is 41.7 cm³/mol. The van der Waals surface area contributed by atoms with Crippen LogP contribution in [0.5, 0.6) is 0 Å². The van der Waals surface area contributed by atoms with Gasteiger partial charge >= 0.3 is 0 Å². The van der Waals surface area contributed by atoms with E-state index in [1.807, 2.05) is 13.8 Å². The Bertz CT molecular complexity index is 155. The van der Waals surface area contributed by atoms with E-state index in [2.05, 4.69) is 10.9 Å². The van der Waals surface area contributed by atoms with Crippen molar-refractivity contribution in [1.29, 1.82) is 0 Å². The van der Waals surface area contributed by atoms with Crippen LogP contribution in [0.1, 0.15) is 27.2 Å². The fourth-order valence-electron chi connectivity index (χ4n) is 0.495. The predicted octanol–water partition coefficient (Wildman–Crippen LogP) is -0.00530. The Labute approximate surface area is 66.3 Å². The van der Waals surface area contributed by atoms with E-state index in [9.17, 15) is 9.59 Å². The smallest absolute Gasteiger partial charge is 0.241 e. The molecule has 0 aliphatic rings. The molecule has 0 rings (SSSR count). The Morgan fingerprint density at radius 2 is 1.91 bits per heavy atom. The number of ketones is 1. The fraction of sp³-hybridized carbons (Fsp3) is 0.714. The molecule has 2 N–H and O–H groups in total. The van der Waals surface area contributed by atoms with E-state index >= 15 is 0 Å². The zero-order valence-corrected chi connectivity index (χ0v) is 7.10. The summed E-state index contributed by atoms with van der Waals surface area (Å²) in [5.74, 6) is -0.417. The van der Waals surface area contributed by atoms with E-state index in [1.54, 1.807) is 0 Å². The SMILES string of the molecule is CC(=O)CC(=O)NNC(C)C. The highest BCUT2D eigenvalue weighted by atomic mass is 16.2. The first-order chi connectivity index (χ1) is 5.02. The number of nitrogens with one attached hydrogen (secondary N) is 2. The Balaban J connectivity index is 3.46. The molecule has 11 heavy (non-hydrogen) atoms. The van der Waals surface area contributed by atoms with Crippen molar-refractivity contribution in [3.63, 3.8) is 0 Å². The third kappa shape index (κ3) is 6.99. The van der Waals surface area contributed by atoms with Crippen molar-refractivity contribution in [2.45, 2.75) is 33.2 Å². The second-order valence-corrected chi connectivity index (χ2v) is 2.73. The number of carbonyl (C=O) groups excluding carboxylic acids is 2. The summed E-state index contributed by atoms with van der Waals surface area (Å²) in [6.45, 7) is 5.18. The van der Waals surface area contributed by atoms with Crippen molar-refractivity contribution < 1.29 is 9.59 Å². The van der Waals surface area contributed by atoms with E-state index < -0.39 is 0 Å². The van der Waals surface area contributed by atoms with Crippen molar-refractivity contribution in [1.82, 2.24) is 10.9 Å². The zero-order chi connectivity index (χ0) is 8.85. The van der Waals surface area contributed by atoms with Crippen LogP contribution in [0.15, 0.2) is 0 Å². The third-order valence-electron chi connectivity index (χ3n) is 0.910. The van der Waals surface area contributed by atoms with Crippen LogP contribution in [0.2, 0.25) is 0 Å². The first kappa shape index (κ1) is 10.1. The quantitative estimate of drug-likeness (QED) is 0.447. The van der Waals surface area contributed by atoms with Crippen molar-refractivity contribution in [3.8, 4) is 0 Å². The molecule has 0 spiro atoms. The van der Waals surface area contributed by atoms with Gasteiger partial charge in [-0.25, -0.2) is 5.43 Å². The molecule has 0 aliphatic heterocycles. The largest absolute Gasteiger partial charge is 0.299 e. The second-order valence-electron chi connectivity index (χ2n) is 2.73. The molecule has 0 aliphatic carbocycles.